The Morgan fingerprint density at radius 2 is 2.17 bits per heavy atom. The van der Waals surface area contributed by atoms with Gasteiger partial charge in [-0.25, -0.2) is 4.79 Å². The molecule has 0 radical (unpaired) electrons. The average Bonchev–Trinajstić information content (AvgIpc) is 2.12. The van der Waals surface area contributed by atoms with Gasteiger partial charge in [-0.3, -0.25) is 0 Å². The molecule has 1 aromatic carbocycles. The lowest BCUT2D eigenvalue weighted by atomic mass is 10.0. The molecule has 1 heterocycles. The first kappa shape index (κ1) is 7.80. The van der Waals surface area contributed by atoms with Crippen molar-refractivity contribution in [1.29, 1.82) is 0 Å². The summed E-state index contributed by atoms with van der Waals surface area (Å²) in [6.45, 7) is 0.426. The van der Waals surface area contributed by atoms with Crippen LogP contribution in [-0.2, 0) is 4.74 Å². The SMILES string of the molecule is O=C1OCC(Br)c2ccccc21. The van der Waals surface area contributed by atoms with Crippen LogP contribution in [0, 0.1) is 0 Å². The minimum atomic E-state index is -0.221. The van der Waals surface area contributed by atoms with Gasteiger partial charge in [0.1, 0.15) is 6.61 Å². The molecule has 1 aliphatic rings. The third-order valence-corrected chi connectivity index (χ3v) is 2.64. The van der Waals surface area contributed by atoms with E-state index in [1.165, 1.54) is 0 Å². The summed E-state index contributed by atoms with van der Waals surface area (Å²) in [5, 5.41) is 0. The molecule has 62 valence electrons. The summed E-state index contributed by atoms with van der Waals surface area (Å²) >= 11 is 3.44. The second-order valence-corrected chi connectivity index (χ2v) is 3.76. The number of cyclic esters (lactones) is 1. The molecule has 0 saturated heterocycles. The van der Waals surface area contributed by atoms with E-state index in [0.29, 0.717) is 12.2 Å². The Labute approximate surface area is 78.7 Å². The van der Waals surface area contributed by atoms with Crippen molar-refractivity contribution >= 4 is 21.9 Å². The van der Waals surface area contributed by atoms with Gasteiger partial charge in [-0.05, 0) is 11.6 Å². The Balaban J connectivity index is 2.55. The summed E-state index contributed by atoms with van der Waals surface area (Å²) in [4.78, 5) is 11.3. The van der Waals surface area contributed by atoms with Crippen LogP contribution in [0.3, 0.4) is 0 Å². The molecule has 0 fully saturated rings. The monoisotopic (exact) mass is 226 g/mol. The van der Waals surface area contributed by atoms with Gasteiger partial charge in [-0.1, -0.05) is 34.1 Å². The van der Waals surface area contributed by atoms with Gasteiger partial charge in [0, 0.05) is 0 Å². The first-order valence-electron chi connectivity index (χ1n) is 3.69. The van der Waals surface area contributed by atoms with Gasteiger partial charge in [-0.15, -0.1) is 0 Å². The summed E-state index contributed by atoms with van der Waals surface area (Å²) < 4.78 is 4.93. The Kier molecular flexibility index (Phi) is 1.89. The van der Waals surface area contributed by atoms with Gasteiger partial charge in [0.25, 0.3) is 0 Å². The number of benzene rings is 1. The lowest BCUT2D eigenvalue weighted by Gasteiger charge is -2.19. The quantitative estimate of drug-likeness (QED) is 0.502. The summed E-state index contributed by atoms with van der Waals surface area (Å²) in [6.07, 6.45) is 0. The van der Waals surface area contributed by atoms with Gasteiger partial charge >= 0.3 is 5.97 Å². The molecule has 3 heteroatoms. The zero-order chi connectivity index (χ0) is 8.55. The minimum Gasteiger partial charge on any atom is -0.461 e. The minimum absolute atomic E-state index is 0.145. The van der Waals surface area contributed by atoms with E-state index < -0.39 is 0 Å². The number of fused-ring (bicyclic) bond motifs is 1. The fourth-order valence-electron chi connectivity index (χ4n) is 1.27. The molecule has 0 saturated carbocycles. The van der Waals surface area contributed by atoms with Crippen molar-refractivity contribution in [2.24, 2.45) is 0 Å². The summed E-state index contributed by atoms with van der Waals surface area (Å²) in [6, 6.07) is 7.48. The molecule has 0 N–H and O–H groups in total. The van der Waals surface area contributed by atoms with E-state index >= 15 is 0 Å². The zero-order valence-corrected chi connectivity index (χ0v) is 7.87. The van der Waals surface area contributed by atoms with Gasteiger partial charge < -0.3 is 4.74 Å². The third kappa shape index (κ3) is 1.14. The first-order valence-corrected chi connectivity index (χ1v) is 4.61. The van der Waals surface area contributed by atoms with E-state index in [1.54, 1.807) is 6.07 Å². The van der Waals surface area contributed by atoms with Crippen LogP contribution in [0.2, 0.25) is 0 Å². The third-order valence-electron chi connectivity index (χ3n) is 1.88. The molecule has 1 unspecified atom stereocenters. The Bertz CT molecular complexity index is 322. The summed E-state index contributed by atoms with van der Waals surface area (Å²) in [7, 11) is 0. The van der Waals surface area contributed by atoms with Crippen LogP contribution in [0.5, 0.6) is 0 Å². The van der Waals surface area contributed by atoms with Crippen LogP contribution < -0.4 is 0 Å². The maximum atomic E-state index is 11.2. The number of hydrogen-bond acceptors (Lipinski definition) is 2. The largest absolute Gasteiger partial charge is 0.461 e. The zero-order valence-electron chi connectivity index (χ0n) is 6.29. The molecular weight excluding hydrogens is 220 g/mol. The second kappa shape index (κ2) is 2.90. The van der Waals surface area contributed by atoms with Crippen LogP contribution >= 0.6 is 15.9 Å². The fraction of sp³-hybridized carbons (Fsp3) is 0.222. The Morgan fingerprint density at radius 3 is 2.92 bits per heavy atom. The van der Waals surface area contributed by atoms with Crippen molar-refractivity contribution in [3.05, 3.63) is 35.4 Å². The number of carbonyl (C=O) groups is 1. The van der Waals surface area contributed by atoms with E-state index in [2.05, 4.69) is 15.9 Å². The van der Waals surface area contributed by atoms with Crippen LogP contribution in [0.15, 0.2) is 24.3 Å². The van der Waals surface area contributed by atoms with E-state index in [9.17, 15) is 4.79 Å². The summed E-state index contributed by atoms with van der Waals surface area (Å²) in [5.74, 6) is -0.221. The number of hydrogen-bond donors (Lipinski definition) is 0. The lowest BCUT2D eigenvalue weighted by molar-refractivity contribution is 0.0478. The molecule has 1 aliphatic heterocycles. The van der Waals surface area contributed by atoms with Crippen LogP contribution in [0.4, 0.5) is 0 Å². The smallest absolute Gasteiger partial charge is 0.338 e. The highest BCUT2D eigenvalue weighted by atomic mass is 79.9. The van der Waals surface area contributed by atoms with Crippen molar-refractivity contribution in [3.63, 3.8) is 0 Å². The van der Waals surface area contributed by atoms with Crippen molar-refractivity contribution in [1.82, 2.24) is 0 Å². The molecule has 0 aromatic heterocycles. The molecule has 1 aromatic rings. The predicted molar refractivity (Wildman–Crippen MR) is 48.4 cm³/mol. The number of rotatable bonds is 0. The average molecular weight is 227 g/mol. The van der Waals surface area contributed by atoms with Crippen molar-refractivity contribution in [2.45, 2.75) is 4.83 Å². The van der Waals surface area contributed by atoms with Crippen LogP contribution in [-0.4, -0.2) is 12.6 Å². The highest BCUT2D eigenvalue weighted by Crippen LogP contribution is 2.30. The van der Waals surface area contributed by atoms with Gasteiger partial charge in [0.05, 0.1) is 10.4 Å². The molecule has 0 amide bonds. The number of alkyl halides is 1. The highest BCUT2D eigenvalue weighted by molar-refractivity contribution is 9.09. The normalized spacial score (nSPS) is 21.4. The topological polar surface area (TPSA) is 26.3 Å². The van der Waals surface area contributed by atoms with E-state index in [-0.39, 0.29) is 10.8 Å². The van der Waals surface area contributed by atoms with Crippen molar-refractivity contribution in [3.8, 4) is 0 Å². The fourth-order valence-corrected chi connectivity index (χ4v) is 1.80. The maximum Gasteiger partial charge on any atom is 0.338 e. The number of ether oxygens (including phenoxy) is 1. The first-order chi connectivity index (χ1) is 5.79. The number of halogens is 1. The number of carbonyl (C=O) groups excluding carboxylic acids is 1. The van der Waals surface area contributed by atoms with Crippen molar-refractivity contribution in [2.75, 3.05) is 6.61 Å². The molecule has 1 atom stereocenters. The van der Waals surface area contributed by atoms with E-state index in [0.717, 1.165) is 5.56 Å². The molecule has 0 bridgehead atoms. The molecule has 12 heavy (non-hydrogen) atoms. The molecule has 2 nitrogen and oxygen atoms in total. The Morgan fingerprint density at radius 1 is 1.42 bits per heavy atom. The molecule has 2 rings (SSSR count). The highest BCUT2D eigenvalue weighted by Gasteiger charge is 2.23. The van der Waals surface area contributed by atoms with Crippen molar-refractivity contribution < 1.29 is 9.53 Å². The maximum absolute atomic E-state index is 11.2. The predicted octanol–water partition coefficient (Wildman–Crippen LogP) is 2.29. The van der Waals surface area contributed by atoms with Gasteiger partial charge in [0.2, 0.25) is 0 Å². The molecule has 0 spiro atoms. The number of esters is 1. The second-order valence-electron chi connectivity index (χ2n) is 2.65. The van der Waals surface area contributed by atoms with E-state index in [4.69, 9.17) is 4.74 Å². The lowest BCUT2D eigenvalue weighted by Crippen LogP contribution is -2.18. The molecule has 0 aliphatic carbocycles. The van der Waals surface area contributed by atoms with Gasteiger partial charge in [0.15, 0.2) is 0 Å². The van der Waals surface area contributed by atoms with Crippen LogP contribution in [0.1, 0.15) is 20.7 Å². The van der Waals surface area contributed by atoms with E-state index in [1.807, 2.05) is 18.2 Å². The van der Waals surface area contributed by atoms with Crippen LogP contribution in [0.25, 0.3) is 0 Å². The standard InChI is InChI=1S/C9H7BrO2/c10-8-5-12-9(11)7-4-2-1-3-6(7)8/h1-4,8H,5H2. The Hall–Kier alpha value is -0.830. The summed E-state index contributed by atoms with van der Waals surface area (Å²) in [5.41, 5.74) is 1.69. The van der Waals surface area contributed by atoms with Gasteiger partial charge in [-0.2, -0.15) is 0 Å². The molecular formula is C9H7BrO2.